The van der Waals surface area contributed by atoms with Gasteiger partial charge in [-0.1, -0.05) is 23.2 Å². The number of halogens is 2. The van der Waals surface area contributed by atoms with Gasteiger partial charge in [0.1, 0.15) is 11.5 Å². The van der Waals surface area contributed by atoms with Crippen molar-refractivity contribution in [3.63, 3.8) is 0 Å². The normalized spacial score (nSPS) is 10.0. The highest BCUT2D eigenvalue weighted by Crippen LogP contribution is 2.25. The molecule has 7 heteroatoms. The molecule has 0 saturated heterocycles. The Labute approximate surface area is 121 Å². The van der Waals surface area contributed by atoms with Gasteiger partial charge in [0.25, 0.3) is 0 Å². The smallest absolute Gasteiger partial charge is 0.528 e. The average molecular weight is 297 g/mol. The van der Waals surface area contributed by atoms with E-state index >= 15 is 0 Å². The van der Waals surface area contributed by atoms with Crippen molar-refractivity contribution in [2.75, 3.05) is 11.5 Å². The number of benzene rings is 2. The van der Waals surface area contributed by atoms with Crippen molar-refractivity contribution in [1.29, 1.82) is 0 Å². The van der Waals surface area contributed by atoms with Gasteiger partial charge in [-0.05, 0) is 24.3 Å². The third-order valence-electron chi connectivity index (χ3n) is 2.39. The Bertz CT molecular complexity index is 544. The maximum Gasteiger partial charge on any atom is 0.576 e. The fourth-order valence-electron chi connectivity index (χ4n) is 1.39. The first-order valence-corrected chi connectivity index (χ1v) is 6.17. The standard InChI is InChI=1S/C12H11BCl2N2O2/c14-9-3-1-7(5-11(9)16)18-13-19-8-2-4-10(15)12(17)6-8/h1-6,13H,16-17H2. The summed E-state index contributed by atoms with van der Waals surface area (Å²) in [4.78, 5) is 0. The van der Waals surface area contributed by atoms with Crippen LogP contribution in [0.1, 0.15) is 0 Å². The average Bonchev–Trinajstić information content (AvgIpc) is 2.38. The third-order valence-corrected chi connectivity index (χ3v) is 3.07. The van der Waals surface area contributed by atoms with E-state index in [4.69, 9.17) is 44.0 Å². The molecule has 0 amide bonds. The van der Waals surface area contributed by atoms with E-state index in [0.29, 0.717) is 32.9 Å². The molecule has 0 aliphatic rings. The second-order valence-electron chi connectivity index (χ2n) is 3.77. The van der Waals surface area contributed by atoms with Crippen molar-refractivity contribution in [3.05, 3.63) is 46.4 Å². The monoisotopic (exact) mass is 296 g/mol. The molecule has 0 atom stereocenters. The van der Waals surface area contributed by atoms with E-state index in [1.54, 1.807) is 36.4 Å². The van der Waals surface area contributed by atoms with Gasteiger partial charge in [-0.15, -0.1) is 0 Å². The van der Waals surface area contributed by atoms with Gasteiger partial charge in [0, 0.05) is 12.1 Å². The van der Waals surface area contributed by atoms with Crippen LogP contribution < -0.4 is 20.8 Å². The maximum atomic E-state index is 5.80. The van der Waals surface area contributed by atoms with Gasteiger partial charge >= 0.3 is 7.69 Å². The first-order chi connectivity index (χ1) is 9.06. The quantitative estimate of drug-likeness (QED) is 0.672. The molecule has 0 bridgehead atoms. The minimum absolute atomic E-state index is 0.0299. The fourth-order valence-corrected chi connectivity index (χ4v) is 1.62. The molecule has 0 aromatic heterocycles. The summed E-state index contributed by atoms with van der Waals surface area (Å²) in [6.07, 6.45) is 0. The zero-order valence-electron chi connectivity index (χ0n) is 9.90. The Balaban J connectivity index is 1.92. The lowest BCUT2D eigenvalue weighted by molar-refractivity contribution is 0.459. The van der Waals surface area contributed by atoms with Crippen LogP contribution in [0, 0.1) is 0 Å². The van der Waals surface area contributed by atoms with E-state index in [0.717, 1.165) is 0 Å². The molecular formula is C12H11BCl2N2O2. The summed E-state index contributed by atoms with van der Waals surface area (Å²) in [5.74, 6) is 1.15. The number of rotatable bonds is 4. The lowest BCUT2D eigenvalue weighted by Crippen LogP contribution is -2.11. The maximum absolute atomic E-state index is 5.80. The summed E-state index contributed by atoms with van der Waals surface area (Å²) >= 11 is 11.6. The predicted molar refractivity (Wildman–Crippen MR) is 80.1 cm³/mol. The SMILES string of the molecule is Nc1cc(OBOc2ccc(Cl)c(N)c2)ccc1Cl. The third kappa shape index (κ3) is 3.62. The van der Waals surface area contributed by atoms with E-state index in [9.17, 15) is 0 Å². The highest BCUT2D eigenvalue weighted by atomic mass is 35.5. The minimum atomic E-state index is 0.0299. The Morgan fingerprint density at radius 1 is 0.789 bits per heavy atom. The first-order valence-electron chi connectivity index (χ1n) is 5.42. The van der Waals surface area contributed by atoms with Crippen molar-refractivity contribution in [1.82, 2.24) is 0 Å². The molecule has 2 rings (SSSR count). The summed E-state index contributed by atoms with van der Waals surface area (Å²) in [5.41, 5.74) is 12.2. The fraction of sp³-hybridized carbons (Fsp3) is 0. The zero-order valence-corrected chi connectivity index (χ0v) is 11.4. The Hall–Kier alpha value is -1.72. The van der Waals surface area contributed by atoms with E-state index in [2.05, 4.69) is 0 Å². The summed E-state index contributed by atoms with van der Waals surface area (Å²) < 4.78 is 10.8. The summed E-state index contributed by atoms with van der Waals surface area (Å²) in [6, 6.07) is 9.99. The zero-order chi connectivity index (χ0) is 13.8. The highest BCUT2D eigenvalue weighted by molar-refractivity contribution is 6.33. The van der Waals surface area contributed by atoms with E-state index < -0.39 is 0 Å². The summed E-state index contributed by atoms with van der Waals surface area (Å²) in [6.45, 7) is 0. The largest absolute Gasteiger partial charge is 0.576 e. The molecule has 0 heterocycles. The molecule has 2 aromatic carbocycles. The lowest BCUT2D eigenvalue weighted by atomic mass is 10.2. The molecule has 0 spiro atoms. The van der Waals surface area contributed by atoms with Gasteiger partial charge in [0.15, 0.2) is 0 Å². The van der Waals surface area contributed by atoms with Crippen LogP contribution >= 0.6 is 23.2 Å². The van der Waals surface area contributed by atoms with Crippen LogP contribution in [0.25, 0.3) is 0 Å². The van der Waals surface area contributed by atoms with Crippen LogP contribution in [-0.2, 0) is 0 Å². The van der Waals surface area contributed by atoms with E-state index in [1.807, 2.05) is 0 Å². The molecule has 2 aromatic rings. The van der Waals surface area contributed by atoms with Gasteiger partial charge in [0.05, 0.1) is 21.4 Å². The molecule has 0 unspecified atom stereocenters. The van der Waals surface area contributed by atoms with Gasteiger partial charge in [-0.2, -0.15) is 0 Å². The van der Waals surface area contributed by atoms with E-state index in [-0.39, 0.29) is 7.69 Å². The van der Waals surface area contributed by atoms with Gasteiger partial charge in [0.2, 0.25) is 0 Å². The Morgan fingerprint density at radius 2 is 1.21 bits per heavy atom. The van der Waals surface area contributed by atoms with Crippen LogP contribution in [-0.4, -0.2) is 7.69 Å². The molecular weight excluding hydrogens is 286 g/mol. The molecule has 0 radical (unpaired) electrons. The molecule has 98 valence electrons. The van der Waals surface area contributed by atoms with Crippen LogP contribution in [0.2, 0.25) is 10.0 Å². The Kier molecular flexibility index (Phi) is 4.29. The van der Waals surface area contributed by atoms with E-state index in [1.165, 1.54) is 0 Å². The summed E-state index contributed by atoms with van der Waals surface area (Å²) in [7, 11) is 0.0299. The van der Waals surface area contributed by atoms with Crippen molar-refractivity contribution >= 4 is 42.3 Å². The van der Waals surface area contributed by atoms with Crippen molar-refractivity contribution in [2.24, 2.45) is 0 Å². The molecule has 0 fully saturated rings. The van der Waals surface area contributed by atoms with Crippen LogP contribution in [0.3, 0.4) is 0 Å². The van der Waals surface area contributed by atoms with Crippen LogP contribution in [0.5, 0.6) is 11.5 Å². The van der Waals surface area contributed by atoms with Crippen molar-refractivity contribution < 1.29 is 9.31 Å². The first kappa shape index (κ1) is 13.7. The Morgan fingerprint density at radius 3 is 1.58 bits per heavy atom. The van der Waals surface area contributed by atoms with Gasteiger partial charge in [-0.3, -0.25) is 0 Å². The highest BCUT2D eigenvalue weighted by Gasteiger charge is 2.03. The number of anilines is 2. The predicted octanol–water partition coefficient (Wildman–Crippen LogP) is 2.88. The van der Waals surface area contributed by atoms with Crippen molar-refractivity contribution in [3.8, 4) is 11.5 Å². The molecule has 0 aliphatic carbocycles. The molecule has 4 nitrogen and oxygen atoms in total. The van der Waals surface area contributed by atoms with Gasteiger partial charge < -0.3 is 20.8 Å². The lowest BCUT2D eigenvalue weighted by Gasteiger charge is -2.09. The number of nitrogen functional groups attached to an aromatic ring is 2. The van der Waals surface area contributed by atoms with Crippen molar-refractivity contribution in [2.45, 2.75) is 0 Å². The summed E-state index contributed by atoms with van der Waals surface area (Å²) in [5, 5.41) is 0.970. The molecule has 4 N–H and O–H groups in total. The molecule has 0 aliphatic heterocycles. The second-order valence-corrected chi connectivity index (χ2v) is 4.59. The number of hydrogen-bond acceptors (Lipinski definition) is 4. The molecule has 19 heavy (non-hydrogen) atoms. The number of nitrogens with two attached hydrogens (primary N) is 2. The topological polar surface area (TPSA) is 70.5 Å². The molecule has 0 saturated carbocycles. The van der Waals surface area contributed by atoms with Gasteiger partial charge in [-0.25, -0.2) is 0 Å². The van der Waals surface area contributed by atoms with Crippen LogP contribution in [0.4, 0.5) is 11.4 Å². The second kappa shape index (κ2) is 5.95. The van der Waals surface area contributed by atoms with Crippen LogP contribution in [0.15, 0.2) is 36.4 Å². The minimum Gasteiger partial charge on any atom is -0.528 e. The number of hydrogen-bond donors (Lipinski definition) is 2.